The number of carbonyl (C=O) groups is 2. The Morgan fingerprint density at radius 2 is 1.87 bits per heavy atom. The molecule has 1 aromatic heterocycles. The lowest BCUT2D eigenvalue weighted by Gasteiger charge is -2.10. The first-order valence-corrected chi connectivity index (χ1v) is 9.97. The number of hydrogen-bond donors (Lipinski definition) is 2. The molecule has 160 valence electrons. The predicted molar refractivity (Wildman–Crippen MR) is 118 cm³/mol. The number of ether oxygens (including phenoxy) is 2. The fraction of sp³-hybridized carbons (Fsp3) is 0.227. The highest BCUT2D eigenvalue weighted by Gasteiger charge is 2.36. The molecule has 0 bridgehead atoms. The molecule has 1 aliphatic rings. The molecule has 31 heavy (non-hydrogen) atoms. The van der Waals surface area contributed by atoms with Crippen LogP contribution in [0.4, 0.5) is 11.5 Å². The van der Waals surface area contributed by atoms with E-state index < -0.39 is 6.04 Å². The zero-order valence-corrected chi connectivity index (χ0v) is 18.0. The van der Waals surface area contributed by atoms with Crippen molar-refractivity contribution in [2.45, 2.75) is 19.4 Å². The molecule has 0 aliphatic carbocycles. The number of rotatable bonds is 6. The molecule has 8 nitrogen and oxygen atoms in total. The van der Waals surface area contributed by atoms with Crippen molar-refractivity contribution in [2.24, 2.45) is 0 Å². The van der Waals surface area contributed by atoms with E-state index in [1.807, 2.05) is 19.1 Å². The number of hydrogen-bond acceptors (Lipinski definition) is 5. The quantitative estimate of drug-likeness (QED) is 0.603. The number of aromatic nitrogens is 2. The summed E-state index contributed by atoms with van der Waals surface area (Å²) in [4.78, 5) is 25.2. The number of nitrogens with zero attached hydrogens (tertiary/aromatic N) is 2. The first-order valence-electron chi connectivity index (χ1n) is 9.59. The number of methoxy groups -OCH3 is 2. The van der Waals surface area contributed by atoms with E-state index in [4.69, 9.17) is 21.1 Å². The van der Waals surface area contributed by atoms with Crippen molar-refractivity contribution in [2.75, 3.05) is 24.9 Å². The maximum Gasteiger partial charge on any atom is 0.251 e. The Morgan fingerprint density at radius 1 is 1.16 bits per heavy atom. The summed E-state index contributed by atoms with van der Waals surface area (Å²) in [5.74, 6) is 1.15. The maximum atomic E-state index is 12.6. The highest BCUT2D eigenvalue weighted by molar-refractivity contribution is 6.30. The van der Waals surface area contributed by atoms with Crippen LogP contribution in [0.15, 0.2) is 42.5 Å². The van der Waals surface area contributed by atoms with Crippen LogP contribution >= 0.6 is 11.6 Å². The first-order chi connectivity index (χ1) is 14.9. The van der Waals surface area contributed by atoms with Gasteiger partial charge in [0.15, 0.2) is 11.5 Å². The van der Waals surface area contributed by atoms with Gasteiger partial charge in [0.25, 0.3) is 5.91 Å². The van der Waals surface area contributed by atoms with Gasteiger partial charge in [-0.2, -0.15) is 5.10 Å². The van der Waals surface area contributed by atoms with Gasteiger partial charge in [-0.1, -0.05) is 17.7 Å². The fourth-order valence-electron chi connectivity index (χ4n) is 3.64. The van der Waals surface area contributed by atoms with Crippen LogP contribution in [0.25, 0.3) is 11.1 Å². The molecular weight excluding hydrogens is 420 g/mol. The molecule has 1 atom stereocenters. The summed E-state index contributed by atoms with van der Waals surface area (Å²) in [5.41, 5.74) is 2.93. The first kappa shape index (κ1) is 20.7. The minimum absolute atomic E-state index is 0.0477. The fourth-order valence-corrected chi connectivity index (χ4v) is 3.77. The van der Waals surface area contributed by atoms with E-state index in [1.165, 1.54) is 0 Å². The number of anilines is 2. The van der Waals surface area contributed by atoms with Crippen molar-refractivity contribution in [1.82, 2.24) is 9.78 Å². The number of carbonyl (C=O) groups excluding carboxylic acids is 2. The minimum atomic E-state index is -0.741. The molecule has 2 heterocycles. The van der Waals surface area contributed by atoms with Gasteiger partial charge in [0.2, 0.25) is 5.91 Å². The average Bonchev–Trinajstić information content (AvgIpc) is 3.22. The van der Waals surface area contributed by atoms with Crippen molar-refractivity contribution in [3.8, 4) is 22.6 Å². The van der Waals surface area contributed by atoms with Crippen LogP contribution in [-0.4, -0.2) is 35.8 Å². The topological polar surface area (TPSA) is 94.5 Å². The van der Waals surface area contributed by atoms with Crippen LogP contribution in [0.1, 0.15) is 18.2 Å². The summed E-state index contributed by atoms with van der Waals surface area (Å²) >= 11 is 5.87. The third-order valence-electron chi connectivity index (χ3n) is 5.10. The summed E-state index contributed by atoms with van der Waals surface area (Å²) in [5, 5.41) is 10.8. The summed E-state index contributed by atoms with van der Waals surface area (Å²) < 4.78 is 12.3. The van der Waals surface area contributed by atoms with E-state index in [1.54, 1.807) is 49.2 Å². The standard InChI is InChI=1S/C22H21ClN4O4/c1-12-20(13-4-9-17(30-2)18(10-13)31-3)21-25-22(29)16(27(21)26-12)11-19(28)24-15-7-5-14(23)6-8-15/h4-10,16H,11H2,1-3H3,(H,24,28)(H,25,29). The van der Waals surface area contributed by atoms with E-state index in [0.717, 1.165) is 16.8 Å². The number of benzene rings is 2. The van der Waals surface area contributed by atoms with Gasteiger partial charge < -0.3 is 20.1 Å². The molecule has 3 aromatic rings. The van der Waals surface area contributed by atoms with Crippen molar-refractivity contribution in [3.05, 3.63) is 53.2 Å². The van der Waals surface area contributed by atoms with E-state index in [2.05, 4.69) is 15.7 Å². The predicted octanol–water partition coefficient (Wildman–Crippen LogP) is 4.05. The Kier molecular flexibility index (Phi) is 5.56. The second-order valence-corrected chi connectivity index (χ2v) is 7.52. The largest absolute Gasteiger partial charge is 0.493 e. The molecule has 4 rings (SSSR count). The summed E-state index contributed by atoms with van der Waals surface area (Å²) in [6.07, 6.45) is -0.0477. The normalized spacial score (nSPS) is 14.7. The van der Waals surface area contributed by atoms with Gasteiger partial charge in [0, 0.05) is 16.3 Å². The number of amides is 2. The van der Waals surface area contributed by atoms with Crippen molar-refractivity contribution in [1.29, 1.82) is 0 Å². The van der Waals surface area contributed by atoms with Gasteiger partial charge in [-0.05, 0) is 48.9 Å². The Hall–Kier alpha value is -3.52. The highest BCUT2D eigenvalue weighted by Crippen LogP contribution is 2.41. The highest BCUT2D eigenvalue weighted by atomic mass is 35.5. The summed E-state index contributed by atoms with van der Waals surface area (Å²) in [6.45, 7) is 1.86. The lowest BCUT2D eigenvalue weighted by Crippen LogP contribution is -2.23. The molecule has 1 unspecified atom stereocenters. The zero-order valence-electron chi connectivity index (χ0n) is 17.2. The summed E-state index contributed by atoms with van der Waals surface area (Å²) in [6, 6.07) is 11.5. The van der Waals surface area contributed by atoms with Crippen molar-refractivity contribution < 1.29 is 19.1 Å². The van der Waals surface area contributed by atoms with E-state index in [9.17, 15) is 9.59 Å². The molecule has 0 saturated heterocycles. The van der Waals surface area contributed by atoms with Crippen molar-refractivity contribution in [3.63, 3.8) is 0 Å². The van der Waals surface area contributed by atoms with Gasteiger partial charge in [0.05, 0.1) is 26.3 Å². The van der Waals surface area contributed by atoms with Crippen LogP contribution < -0.4 is 20.1 Å². The molecule has 0 spiro atoms. The molecule has 2 amide bonds. The average molecular weight is 441 g/mol. The molecule has 0 fully saturated rings. The molecule has 0 radical (unpaired) electrons. The Balaban J connectivity index is 1.60. The lowest BCUT2D eigenvalue weighted by molar-refractivity contribution is -0.123. The number of aryl methyl sites for hydroxylation is 1. The summed E-state index contributed by atoms with van der Waals surface area (Å²) in [7, 11) is 3.13. The lowest BCUT2D eigenvalue weighted by atomic mass is 10.1. The molecule has 1 aliphatic heterocycles. The molecular formula is C22H21ClN4O4. The zero-order chi connectivity index (χ0) is 22.1. The van der Waals surface area contributed by atoms with Crippen LogP contribution in [0.5, 0.6) is 11.5 Å². The van der Waals surface area contributed by atoms with Crippen LogP contribution in [0, 0.1) is 6.92 Å². The number of fused-ring (bicyclic) bond motifs is 1. The van der Waals surface area contributed by atoms with Crippen LogP contribution in [-0.2, 0) is 9.59 Å². The Labute approximate surface area is 184 Å². The molecule has 9 heteroatoms. The monoisotopic (exact) mass is 440 g/mol. The maximum absolute atomic E-state index is 12.6. The second-order valence-electron chi connectivity index (χ2n) is 7.09. The Bertz CT molecular complexity index is 1160. The third kappa shape index (κ3) is 3.94. The van der Waals surface area contributed by atoms with Gasteiger partial charge >= 0.3 is 0 Å². The number of halogens is 1. The number of nitrogens with one attached hydrogen (secondary N) is 2. The SMILES string of the molecule is COc1ccc(-c2c(C)nn3c2NC(=O)C3CC(=O)Nc2ccc(Cl)cc2)cc1OC. The van der Waals surface area contributed by atoms with E-state index in [0.29, 0.717) is 28.0 Å². The van der Waals surface area contributed by atoms with Crippen LogP contribution in [0.2, 0.25) is 5.02 Å². The smallest absolute Gasteiger partial charge is 0.251 e. The van der Waals surface area contributed by atoms with E-state index in [-0.39, 0.29) is 18.2 Å². The van der Waals surface area contributed by atoms with Gasteiger partial charge in [-0.3, -0.25) is 9.59 Å². The third-order valence-corrected chi connectivity index (χ3v) is 5.36. The minimum Gasteiger partial charge on any atom is -0.493 e. The van der Waals surface area contributed by atoms with Crippen LogP contribution in [0.3, 0.4) is 0 Å². The van der Waals surface area contributed by atoms with Gasteiger partial charge in [-0.15, -0.1) is 0 Å². The second kappa shape index (κ2) is 8.31. The van der Waals surface area contributed by atoms with E-state index >= 15 is 0 Å². The molecule has 2 N–H and O–H groups in total. The molecule has 0 saturated carbocycles. The Morgan fingerprint density at radius 3 is 2.55 bits per heavy atom. The van der Waals surface area contributed by atoms with Gasteiger partial charge in [0.1, 0.15) is 11.9 Å². The molecule has 2 aromatic carbocycles. The van der Waals surface area contributed by atoms with Crippen molar-refractivity contribution >= 4 is 34.9 Å². The van der Waals surface area contributed by atoms with Gasteiger partial charge in [-0.25, -0.2) is 4.68 Å².